The second-order valence-electron chi connectivity index (χ2n) is 9.44. The van der Waals surface area contributed by atoms with Gasteiger partial charge in [-0.25, -0.2) is 19.2 Å². The molecule has 2 aromatic carbocycles. The summed E-state index contributed by atoms with van der Waals surface area (Å²) in [6.45, 7) is 2.58. The lowest BCUT2D eigenvalue weighted by molar-refractivity contribution is 0.0601. The van der Waals surface area contributed by atoms with Gasteiger partial charge < -0.3 is 14.0 Å². The number of rotatable bonds is 7. The predicted octanol–water partition coefficient (Wildman–Crippen LogP) is 4.72. The summed E-state index contributed by atoms with van der Waals surface area (Å²) < 4.78 is 26.8. The summed E-state index contributed by atoms with van der Waals surface area (Å²) in [6, 6.07) is 17.4. The van der Waals surface area contributed by atoms with Gasteiger partial charge in [0, 0.05) is 30.3 Å². The molecule has 38 heavy (non-hydrogen) atoms. The Balaban J connectivity index is 1.19. The lowest BCUT2D eigenvalue weighted by atomic mass is 9.93. The molecule has 0 aliphatic carbocycles. The van der Waals surface area contributed by atoms with Crippen LogP contribution in [-0.2, 0) is 24.9 Å². The minimum Gasteiger partial charge on any atom is -0.473 e. The van der Waals surface area contributed by atoms with E-state index in [0.717, 1.165) is 55.0 Å². The molecule has 5 rings (SSSR count). The second kappa shape index (κ2) is 11.0. The summed E-state index contributed by atoms with van der Waals surface area (Å²) in [5.41, 5.74) is 3.90. The number of pyridine rings is 1. The molecule has 2 aromatic heterocycles. The monoisotopic (exact) mass is 513 g/mol. The third-order valence-corrected chi connectivity index (χ3v) is 7.07. The van der Waals surface area contributed by atoms with E-state index in [1.54, 1.807) is 24.3 Å². The Morgan fingerprint density at radius 2 is 1.95 bits per heavy atom. The Labute approximate surface area is 220 Å². The van der Waals surface area contributed by atoms with Crippen molar-refractivity contribution >= 4 is 17.0 Å². The fraction of sp³-hybridized carbons (Fsp3) is 0.310. The van der Waals surface area contributed by atoms with E-state index >= 15 is 0 Å². The molecular formula is C29H28FN5O3. The van der Waals surface area contributed by atoms with Crippen molar-refractivity contribution in [2.75, 3.05) is 20.2 Å². The molecule has 0 saturated carbocycles. The number of aryl methyl sites for hydroxylation is 1. The first-order valence-electron chi connectivity index (χ1n) is 12.5. The number of nitriles is 1. The van der Waals surface area contributed by atoms with Crippen LogP contribution in [0.4, 0.5) is 4.39 Å². The van der Waals surface area contributed by atoms with Crippen LogP contribution in [0.15, 0.2) is 54.6 Å². The van der Waals surface area contributed by atoms with E-state index in [1.807, 2.05) is 41.9 Å². The van der Waals surface area contributed by atoms with E-state index in [1.165, 1.54) is 13.2 Å². The molecule has 0 atom stereocenters. The van der Waals surface area contributed by atoms with Crippen LogP contribution >= 0.6 is 0 Å². The van der Waals surface area contributed by atoms with Crippen LogP contribution < -0.4 is 4.74 Å². The SMILES string of the molecule is COC(=O)c1ccc2nc(CN3CCC(c4cccc(OCc5ccc(C#N)cc5F)n4)CC3)n(C)c2c1. The average molecular weight is 514 g/mol. The standard InChI is InChI=1S/C29H28FN5O3/c1-34-26-15-21(29(36)37-2)8-9-25(26)32-27(34)17-35-12-10-20(11-13-35)24-4-3-5-28(33-24)38-18-22-7-6-19(16-31)14-23(22)30/h3-9,14-15,20H,10-13,17-18H2,1-2H3. The average Bonchev–Trinajstić information content (AvgIpc) is 3.26. The van der Waals surface area contributed by atoms with Crippen molar-refractivity contribution in [2.45, 2.75) is 31.9 Å². The van der Waals surface area contributed by atoms with Crippen LogP contribution in [0.1, 0.15) is 51.8 Å². The van der Waals surface area contributed by atoms with E-state index < -0.39 is 5.82 Å². The molecule has 0 bridgehead atoms. The van der Waals surface area contributed by atoms with Gasteiger partial charge in [0.05, 0.1) is 41.9 Å². The van der Waals surface area contributed by atoms with Crippen LogP contribution in [0.3, 0.4) is 0 Å². The lowest BCUT2D eigenvalue weighted by Crippen LogP contribution is -2.33. The maximum atomic E-state index is 14.2. The molecule has 8 nitrogen and oxygen atoms in total. The van der Waals surface area contributed by atoms with Gasteiger partial charge in [0.2, 0.25) is 5.88 Å². The number of carbonyl (C=O) groups is 1. The number of hydrogen-bond acceptors (Lipinski definition) is 7. The van der Waals surface area contributed by atoms with Gasteiger partial charge in [-0.15, -0.1) is 0 Å². The second-order valence-corrected chi connectivity index (χ2v) is 9.44. The Morgan fingerprint density at radius 1 is 1.13 bits per heavy atom. The number of nitrogens with zero attached hydrogens (tertiary/aromatic N) is 5. The minimum atomic E-state index is -0.461. The van der Waals surface area contributed by atoms with Crippen molar-refractivity contribution in [3.8, 4) is 11.9 Å². The number of imidazole rings is 1. The summed E-state index contributed by atoms with van der Waals surface area (Å²) >= 11 is 0. The first-order chi connectivity index (χ1) is 18.4. The molecule has 9 heteroatoms. The zero-order chi connectivity index (χ0) is 26.6. The highest BCUT2D eigenvalue weighted by Crippen LogP contribution is 2.29. The van der Waals surface area contributed by atoms with Crippen LogP contribution in [0.25, 0.3) is 11.0 Å². The summed E-state index contributed by atoms with van der Waals surface area (Å²) in [7, 11) is 3.35. The maximum Gasteiger partial charge on any atom is 0.337 e. The van der Waals surface area contributed by atoms with E-state index in [2.05, 4.69) is 9.88 Å². The van der Waals surface area contributed by atoms with Crippen LogP contribution in [-0.4, -0.2) is 45.6 Å². The van der Waals surface area contributed by atoms with Gasteiger partial charge in [-0.2, -0.15) is 5.26 Å². The number of esters is 1. The van der Waals surface area contributed by atoms with Crippen molar-refractivity contribution in [3.05, 3.63) is 88.6 Å². The molecule has 0 amide bonds. The molecule has 0 unspecified atom stereocenters. The van der Waals surface area contributed by atoms with Crippen LogP contribution in [0.2, 0.25) is 0 Å². The van der Waals surface area contributed by atoms with Crippen molar-refractivity contribution in [2.24, 2.45) is 7.05 Å². The highest BCUT2D eigenvalue weighted by Gasteiger charge is 2.23. The summed E-state index contributed by atoms with van der Waals surface area (Å²) in [4.78, 5) is 23.7. The smallest absolute Gasteiger partial charge is 0.337 e. The number of methoxy groups -OCH3 is 1. The van der Waals surface area contributed by atoms with Crippen molar-refractivity contribution in [1.82, 2.24) is 19.4 Å². The number of ether oxygens (including phenoxy) is 2. The number of aromatic nitrogens is 3. The van der Waals surface area contributed by atoms with Gasteiger partial charge >= 0.3 is 5.97 Å². The van der Waals surface area contributed by atoms with Gasteiger partial charge in [0.1, 0.15) is 18.2 Å². The largest absolute Gasteiger partial charge is 0.473 e. The fourth-order valence-corrected chi connectivity index (χ4v) is 4.84. The fourth-order valence-electron chi connectivity index (χ4n) is 4.84. The van der Waals surface area contributed by atoms with Gasteiger partial charge in [0.25, 0.3) is 0 Å². The highest BCUT2D eigenvalue weighted by atomic mass is 19.1. The van der Waals surface area contributed by atoms with Gasteiger partial charge in [-0.1, -0.05) is 12.1 Å². The Hall–Kier alpha value is -4.29. The molecule has 4 aromatic rings. The zero-order valence-corrected chi connectivity index (χ0v) is 21.4. The molecule has 0 radical (unpaired) electrons. The number of piperidine rings is 1. The molecule has 194 valence electrons. The molecule has 1 aliphatic rings. The molecule has 1 aliphatic heterocycles. The van der Waals surface area contributed by atoms with E-state index in [9.17, 15) is 9.18 Å². The number of hydrogen-bond donors (Lipinski definition) is 0. The number of likely N-dealkylation sites (tertiary alicyclic amines) is 1. The number of benzene rings is 2. The number of carbonyl (C=O) groups excluding carboxylic acids is 1. The van der Waals surface area contributed by atoms with Crippen molar-refractivity contribution < 1.29 is 18.7 Å². The predicted molar refractivity (Wildman–Crippen MR) is 139 cm³/mol. The Kier molecular flexibility index (Phi) is 7.33. The zero-order valence-electron chi connectivity index (χ0n) is 21.4. The third-order valence-electron chi connectivity index (χ3n) is 7.07. The highest BCUT2D eigenvalue weighted by molar-refractivity contribution is 5.93. The van der Waals surface area contributed by atoms with Crippen LogP contribution in [0.5, 0.6) is 5.88 Å². The van der Waals surface area contributed by atoms with Crippen LogP contribution in [0, 0.1) is 17.1 Å². The third kappa shape index (κ3) is 5.36. The quantitative estimate of drug-likeness (QED) is 0.330. The molecule has 3 heterocycles. The van der Waals surface area contributed by atoms with E-state index in [4.69, 9.17) is 19.7 Å². The molecular weight excluding hydrogens is 485 g/mol. The first kappa shape index (κ1) is 25.4. The topological polar surface area (TPSA) is 93.3 Å². The van der Waals surface area contributed by atoms with Gasteiger partial charge in [0.15, 0.2) is 0 Å². The van der Waals surface area contributed by atoms with E-state index in [0.29, 0.717) is 22.9 Å². The molecule has 0 N–H and O–H groups in total. The molecule has 0 spiro atoms. The lowest BCUT2D eigenvalue weighted by Gasteiger charge is -2.31. The first-order valence-corrected chi connectivity index (χ1v) is 12.5. The minimum absolute atomic E-state index is 0.0472. The summed E-state index contributed by atoms with van der Waals surface area (Å²) in [6.07, 6.45) is 1.91. The van der Waals surface area contributed by atoms with Gasteiger partial charge in [-0.05, 0) is 62.3 Å². The van der Waals surface area contributed by atoms with Crippen molar-refractivity contribution in [3.63, 3.8) is 0 Å². The summed E-state index contributed by atoms with van der Waals surface area (Å²) in [5, 5.41) is 8.90. The number of halogens is 1. The van der Waals surface area contributed by atoms with E-state index in [-0.39, 0.29) is 18.1 Å². The molecule has 1 saturated heterocycles. The number of fused-ring (bicyclic) bond motifs is 1. The van der Waals surface area contributed by atoms with Gasteiger partial charge in [-0.3, -0.25) is 4.90 Å². The van der Waals surface area contributed by atoms with Crippen molar-refractivity contribution in [1.29, 1.82) is 5.26 Å². The normalized spacial score (nSPS) is 14.4. The molecule has 1 fully saturated rings. The summed E-state index contributed by atoms with van der Waals surface area (Å²) in [5.74, 6) is 0.895. The maximum absolute atomic E-state index is 14.2. The Morgan fingerprint density at radius 3 is 2.68 bits per heavy atom. The Bertz CT molecular complexity index is 1520.